The molecule has 0 atom stereocenters. The van der Waals surface area contributed by atoms with Crippen LogP contribution in [0.1, 0.15) is 24.0 Å². The van der Waals surface area contributed by atoms with Crippen molar-refractivity contribution in [3.05, 3.63) is 69.5 Å². The molecule has 1 heterocycles. The first-order valence-electron chi connectivity index (χ1n) is 7.11. The number of halogens is 3. The normalized spacial score (nSPS) is 14.8. The van der Waals surface area contributed by atoms with E-state index in [-0.39, 0.29) is 11.7 Å². The fraction of sp³-hybridized carbons (Fsp3) is 0.176. The van der Waals surface area contributed by atoms with Crippen molar-refractivity contribution in [1.29, 1.82) is 0 Å². The van der Waals surface area contributed by atoms with Crippen molar-refractivity contribution in [3.63, 3.8) is 0 Å². The zero-order valence-corrected chi connectivity index (χ0v) is 13.6. The third-order valence-electron chi connectivity index (χ3n) is 3.61. The molecule has 6 heteroatoms. The third-order valence-corrected chi connectivity index (χ3v) is 4.43. The largest absolute Gasteiger partial charge is 0.273 e. The van der Waals surface area contributed by atoms with E-state index in [1.54, 1.807) is 24.3 Å². The van der Waals surface area contributed by atoms with Crippen molar-refractivity contribution in [3.8, 4) is 0 Å². The molecule has 1 aliphatic rings. The van der Waals surface area contributed by atoms with Crippen LogP contribution in [0.5, 0.6) is 0 Å². The lowest BCUT2D eigenvalue weighted by molar-refractivity contribution is -0.132. The molecule has 118 valence electrons. The molecular formula is C17H13Cl2FN2O. The minimum atomic E-state index is -0.311. The first-order chi connectivity index (χ1) is 11.0. The fourth-order valence-electron chi connectivity index (χ4n) is 2.41. The maximum absolute atomic E-state index is 13.0. The highest BCUT2D eigenvalue weighted by molar-refractivity contribution is 6.44. The van der Waals surface area contributed by atoms with Gasteiger partial charge < -0.3 is 0 Å². The molecule has 1 aliphatic heterocycles. The summed E-state index contributed by atoms with van der Waals surface area (Å²) in [6.07, 6.45) is 0.863. The summed E-state index contributed by atoms with van der Waals surface area (Å²) in [7, 11) is 0. The van der Waals surface area contributed by atoms with Crippen molar-refractivity contribution in [1.82, 2.24) is 5.01 Å². The van der Waals surface area contributed by atoms with Gasteiger partial charge in [0.05, 0.1) is 22.3 Å². The molecular weight excluding hydrogens is 338 g/mol. The molecule has 0 unspecified atom stereocenters. The second-order valence-electron chi connectivity index (χ2n) is 5.23. The molecule has 0 radical (unpaired) electrons. The molecule has 0 saturated heterocycles. The van der Waals surface area contributed by atoms with Gasteiger partial charge in [0.1, 0.15) is 5.82 Å². The van der Waals surface area contributed by atoms with E-state index < -0.39 is 0 Å². The van der Waals surface area contributed by atoms with E-state index in [1.807, 2.05) is 6.07 Å². The van der Waals surface area contributed by atoms with Crippen molar-refractivity contribution in [2.24, 2.45) is 5.10 Å². The van der Waals surface area contributed by atoms with Crippen molar-refractivity contribution in [2.75, 3.05) is 0 Å². The van der Waals surface area contributed by atoms with Gasteiger partial charge in [-0.3, -0.25) is 4.79 Å². The quantitative estimate of drug-likeness (QED) is 0.792. The number of hydrazone groups is 1. The molecule has 3 rings (SSSR count). The summed E-state index contributed by atoms with van der Waals surface area (Å²) in [5.74, 6) is -0.384. The lowest BCUT2D eigenvalue weighted by Crippen LogP contribution is -2.31. The molecule has 0 bridgehead atoms. The topological polar surface area (TPSA) is 32.7 Å². The second kappa shape index (κ2) is 6.69. The van der Waals surface area contributed by atoms with Gasteiger partial charge in [0, 0.05) is 18.4 Å². The average Bonchev–Trinajstić information content (AvgIpc) is 2.54. The molecule has 3 nitrogen and oxygen atoms in total. The van der Waals surface area contributed by atoms with Crippen LogP contribution in [-0.4, -0.2) is 16.6 Å². The molecule has 1 amide bonds. The van der Waals surface area contributed by atoms with E-state index in [0.29, 0.717) is 29.4 Å². The number of rotatable bonds is 3. The Bertz CT molecular complexity index is 775. The lowest BCUT2D eigenvalue weighted by Gasteiger charge is -2.24. The lowest BCUT2D eigenvalue weighted by atomic mass is 10.0. The van der Waals surface area contributed by atoms with Crippen LogP contribution in [0.25, 0.3) is 0 Å². The zero-order valence-electron chi connectivity index (χ0n) is 12.1. The maximum Gasteiger partial charge on any atom is 0.243 e. The van der Waals surface area contributed by atoms with Gasteiger partial charge in [0.15, 0.2) is 0 Å². The van der Waals surface area contributed by atoms with E-state index in [1.165, 1.54) is 17.1 Å². The van der Waals surface area contributed by atoms with Gasteiger partial charge in [-0.05, 0) is 23.8 Å². The fourth-order valence-corrected chi connectivity index (χ4v) is 2.82. The summed E-state index contributed by atoms with van der Waals surface area (Å²) in [6, 6.07) is 11.3. The summed E-state index contributed by atoms with van der Waals surface area (Å²) < 4.78 is 13.0. The Kier molecular flexibility index (Phi) is 4.64. The van der Waals surface area contributed by atoms with Crippen LogP contribution >= 0.6 is 23.2 Å². The number of amides is 1. The highest BCUT2D eigenvalue weighted by atomic mass is 35.5. The van der Waals surface area contributed by atoms with Crippen LogP contribution in [-0.2, 0) is 11.3 Å². The molecule has 0 aromatic heterocycles. The molecule has 0 saturated carbocycles. The van der Waals surface area contributed by atoms with Crippen molar-refractivity contribution < 1.29 is 9.18 Å². The molecule has 0 fully saturated rings. The molecule has 0 spiro atoms. The van der Waals surface area contributed by atoms with Crippen LogP contribution in [0.4, 0.5) is 4.39 Å². The standard InChI is InChI=1S/C17H13Cl2FN2O/c18-14-3-1-2-13(17(14)19)15-8-9-16(23)22(21-15)10-11-4-6-12(20)7-5-11/h1-7H,8-10H2. The Labute approximate surface area is 143 Å². The Hall–Kier alpha value is -1.91. The minimum Gasteiger partial charge on any atom is -0.273 e. The minimum absolute atomic E-state index is 0.0729. The number of carbonyl (C=O) groups excluding carboxylic acids is 1. The molecule has 2 aromatic carbocycles. The van der Waals surface area contributed by atoms with E-state index in [2.05, 4.69) is 5.10 Å². The number of hydrogen-bond donors (Lipinski definition) is 0. The third kappa shape index (κ3) is 3.54. The average molecular weight is 351 g/mol. The van der Waals surface area contributed by atoms with Crippen LogP contribution in [0.2, 0.25) is 10.0 Å². The van der Waals surface area contributed by atoms with Crippen LogP contribution in [0, 0.1) is 5.82 Å². The highest BCUT2D eigenvalue weighted by Crippen LogP contribution is 2.28. The number of benzene rings is 2. The van der Waals surface area contributed by atoms with Gasteiger partial charge in [-0.1, -0.05) is 47.5 Å². The van der Waals surface area contributed by atoms with Gasteiger partial charge >= 0.3 is 0 Å². The number of nitrogens with zero attached hydrogens (tertiary/aromatic N) is 2. The monoisotopic (exact) mass is 350 g/mol. The smallest absolute Gasteiger partial charge is 0.243 e. The van der Waals surface area contributed by atoms with Crippen LogP contribution in [0.3, 0.4) is 0 Å². The summed E-state index contributed by atoms with van der Waals surface area (Å²) in [6.45, 7) is 0.292. The van der Waals surface area contributed by atoms with Gasteiger partial charge in [-0.15, -0.1) is 0 Å². The Morgan fingerprint density at radius 1 is 1.09 bits per heavy atom. The molecule has 0 N–H and O–H groups in total. The molecule has 2 aromatic rings. The summed E-state index contributed by atoms with van der Waals surface area (Å²) in [5, 5.41) is 6.70. The summed E-state index contributed by atoms with van der Waals surface area (Å²) in [4.78, 5) is 12.1. The predicted molar refractivity (Wildman–Crippen MR) is 89.2 cm³/mol. The van der Waals surface area contributed by atoms with Crippen molar-refractivity contribution in [2.45, 2.75) is 19.4 Å². The van der Waals surface area contributed by atoms with E-state index in [9.17, 15) is 9.18 Å². The molecule has 0 aliphatic carbocycles. The predicted octanol–water partition coefficient (Wildman–Crippen LogP) is 4.66. The van der Waals surface area contributed by atoms with Crippen molar-refractivity contribution >= 4 is 34.8 Å². The number of hydrogen-bond acceptors (Lipinski definition) is 2. The first-order valence-corrected chi connectivity index (χ1v) is 7.87. The van der Waals surface area contributed by atoms with Gasteiger partial charge in [-0.2, -0.15) is 5.10 Å². The van der Waals surface area contributed by atoms with E-state index >= 15 is 0 Å². The van der Waals surface area contributed by atoms with E-state index in [0.717, 1.165) is 16.8 Å². The van der Waals surface area contributed by atoms with Crippen LogP contribution < -0.4 is 0 Å². The Balaban J connectivity index is 1.89. The summed E-state index contributed by atoms with van der Waals surface area (Å²) in [5.41, 5.74) is 2.26. The van der Waals surface area contributed by atoms with E-state index in [4.69, 9.17) is 23.2 Å². The van der Waals surface area contributed by atoms with Gasteiger partial charge in [0.2, 0.25) is 5.91 Å². The second-order valence-corrected chi connectivity index (χ2v) is 6.01. The first kappa shape index (κ1) is 16.0. The highest BCUT2D eigenvalue weighted by Gasteiger charge is 2.23. The van der Waals surface area contributed by atoms with Gasteiger partial charge in [-0.25, -0.2) is 9.40 Å². The molecule has 23 heavy (non-hydrogen) atoms. The zero-order chi connectivity index (χ0) is 16.4. The Morgan fingerprint density at radius 3 is 2.57 bits per heavy atom. The maximum atomic E-state index is 13.0. The summed E-state index contributed by atoms with van der Waals surface area (Å²) >= 11 is 12.3. The Morgan fingerprint density at radius 2 is 1.83 bits per heavy atom. The van der Waals surface area contributed by atoms with Crippen LogP contribution in [0.15, 0.2) is 47.6 Å². The SMILES string of the molecule is O=C1CCC(c2cccc(Cl)c2Cl)=NN1Cc1ccc(F)cc1. The van der Waals surface area contributed by atoms with Gasteiger partial charge in [0.25, 0.3) is 0 Å². The number of carbonyl (C=O) groups is 1.